The molecule has 2 aromatic rings. The molecule has 0 saturated heterocycles. The van der Waals surface area contributed by atoms with Crippen LogP contribution in [-0.4, -0.2) is 28.1 Å². The predicted molar refractivity (Wildman–Crippen MR) is 115 cm³/mol. The number of rotatable bonds is 9. The molecular formula is C23H26N2O6. The summed E-state index contributed by atoms with van der Waals surface area (Å²) in [4.78, 5) is 34.9. The number of amides is 2. The first kappa shape index (κ1) is 23.6. The fraction of sp³-hybridized carbons (Fsp3) is 0.261. The zero-order chi connectivity index (χ0) is 22.8. The van der Waals surface area contributed by atoms with Crippen molar-refractivity contribution in [3.63, 3.8) is 0 Å². The molecule has 0 aliphatic carbocycles. The number of ketones is 1. The molecule has 0 radical (unpaired) electrons. The Morgan fingerprint density at radius 2 is 1.71 bits per heavy atom. The fourth-order valence-electron chi connectivity index (χ4n) is 2.97. The van der Waals surface area contributed by atoms with Gasteiger partial charge in [-0.25, -0.2) is 10.3 Å². The minimum Gasteiger partial charge on any atom is -0.508 e. The topological polar surface area (TPSA) is 125 Å². The van der Waals surface area contributed by atoms with Gasteiger partial charge in [-0.3, -0.25) is 20.1 Å². The van der Waals surface area contributed by atoms with Crippen LogP contribution in [0.1, 0.15) is 48.7 Å². The molecule has 2 amide bonds. The first-order valence-corrected chi connectivity index (χ1v) is 9.78. The van der Waals surface area contributed by atoms with Gasteiger partial charge >= 0.3 is 6.09 Å². The Hall–Kier alpha value is -3.65. The third-order valence-corrected chi connectivity index (χ3v) is 4.68. The molecule has 0 aliphatic rings. The molecule has 31 heavy (non-hydrogen) atoms. The lowest BCUT2D eigenvalue weighted by atomic mass is 9.93. The average Bonchev–Trinajstić information content (AvgIpc) is 2.75. The number of hydrogen-bond acceptors (Lipinski definition) is 6. The second kappa shape index (κ2) is 11.5. The lowest BCUT2D eigenvalue weighted by Crippen LogP contribution is -2.22. The average molecular weight is 426 g/mol. The van der Waals surface area contributed by atoms with Crippen LogP contribution in [0.25, 0.3) is 0 Å². The number of Topliss-reactive ketones (excluding diaryl/α,β-unsaturated/α-hetero) is 1. The number of carbonyl (C=O) groups excluding carboxylic acids is 3. The zero-order valence-corrected chi connectivity index (χ0v) is 17.4. The molecule has 0 saturated carbocycles. The molecule has 0 heterocycles. The molecular weight excluding hydrogens is 400 g/mol. The van der Waals surface area contributed by atoms with E-state index >= 15 is 0 Å². The van der Waals surface area contributed by atoms with Gasteiger partial charge in [0.25, 0.3) is 5.91 Å². The van der Waals surface area contributed by atoms with Crippen LogP contribution < -0.4 is 10.8 Å². The van der Waals surface area contributed by atoms with E-state index in [0.717, 1.165) is 0 Å². The van der Waals surface area contributed by atoms with E-state index in [9.17, 15) is 19.5 Å². The quantitative estimate of drug-likeness (QED) is 0.204. The van der Waals surface area contributed by atoms with E-state index in [4.69, 9.17) is 9.94 Å². The first-order chi connectivity index (χ1) is 14.8. The molecule has 8 heteroatoms. The number of ether oxygens (including phenoxy) is 1. The Labute approximate surface area is 180 Å². The van der Waals surface area contributed by atoms with E-state index in [2.05, 4.69) is 5.32 Å². The number of phenols is 1. The van der Waals surface area contributed by atoms with Gasteiger partial charge < -0.3 is 9.84 Å². The highest BCUT2D eigenvalue weighted by molar-refractivity contribution is 5.95. The summed E-state index contributed by atoms with van der Waals surface area (Å²) in [5, 5.41) is 20.7. The highest BCUT2D eigenvalue weighted by Crippen LogP contribution is 2.31. The molecule has 0 spiro atoms. The molecule has 0 fully saturated rings. The normalized spacial score (nSPS) is 12.7. The molecule has 0 unspecified atom stereocenters. The van der Waals surface area contributed by atoms with Crippen molar-refractivity contribution in [2.24, 2.45) is 5.92 Å². The van der Waals surface area contributed by atoms with E-state index < -0.39 is 18.1 Å². The van der Waals surface area contributed by atoms with Crippen molar-refractivity contribution >= 4 is 23.5 Å². The lowest BCUT2D eigenvalue weighted by molar-refractivity contribution is -0.124. The largest absolute Gasteiger partial charge is 0.508 e. The maximum atomic E-state index is 12.5. The number of anilines is 1. The second-order valence-electron chi connectivity index (χ2n) is 7.11. The molecule has 8 nitrogen and oxygen atoms in total. The first-order valence-electron chi connectivity index (χ1n) is 9.78. The molecule has 0 aromatic heterocycles. The van der Waals surface area contributed by atoms with Crippen molar-refractivity contribution in [3.05, 3.63) is 71.8 Å². The molecule has 0 aliphatic heterocycles. The molecule has 2 rings (SSSR count). The predicted octanol–water partition coefficient (Wildman–Crippen LogP) is 4.36. The van der Waals surface area contributed by atoms with Crippen LogP contribution >= 0.6 is 0 Å². The van der Waals surface area contributed by atoms with Gasteiger partial charge in [-0.05, 0) is 67.6 Å². The van der Waals surface area contributed by atoms with Gasteiger partial charge in [-0.15, -0.1) is 0 Å². The van der Waals surface area contributed by atoms with E-state index in [0.29, 0.717) is 29.7 Å². The minimum atomic E-state index is -0.657. The Balaban J connectivity index is 2.07. The summed E-state index contributed by atoms with van der Waals surface area (Å²) in [6, 6.07) is 12.9. The van der Waals surface area contributed by atoms with Crippen molar-refractivity contribution < 1.29 is 29.4 Å². The van der Waals surface area contributed by atoms with Gasteiger partial charge in [0.05, 0.1) is 0 Å². The number of hydroxylamine groups is 1. The second-order valence-corrected chi connectivity index (χ2v) is 7.11. The van der Waals surface area contributed by atoms with Crippen LogP contribution in [0.3, 0.4) is 0 Å². The summed E-state index contributed by atoms with van der Waals surface area (Å²) < 4.78 is 5.68. The van der Waals surface area contributed by atoms with Gasteiger partial charge in [0.15, 0.2) is 5.78 Å². The smallest absolute Gasteiger partial charge is 0.412 e. The van der Waals surface area contributed by atoms with E-state index in [1.807, 2.05) is 6.92 Å². The van der Waals surface area contributed by atoms with Crippen molar-refractivity contribution in [2.75, 3.05) is 5.32 Å². The molecule has 0 bridgehead atoms. The molecule has 2 aromatic carbocycles. The van der Waals surface area contributed by atoms with Crippen LogP contribution in [0.5, 0.6) is 5.75 Å². The SMILES string of the molecule is CC(=O)c1ccc(NC(=O)O[C@@H](c2ccc(O)cc2)[C@H](C)CC/C=C/C(=O)NO)cc1. The summed E-state index contributed by atoms with van der Waals surface area (Å²) in [6.45, 7) is 3.37. The number of benzene rings is 2. The Kier molecular flexibility index (Phi) is 8.78. The highest BCUT2D eigenvalue weighted by Gasteiger charge is 2.23. The number of carbonyl (C=O) groups is 3. The van der Waals surface area contributed by atoms with Crippen molar-refractivity contribution in [1.82, 2.24) is 5.48 Å². The summed E-state index contributed by atoms with van der Waals surface area (Å²) >= 11 is 0. The molecule has 4 N–H and O–H groups in total. The van der Waals surface area contributed by atoms with E-state index in [1.54, 1.807) is 42.5 Å². The van der Waals surface area contributed by atoms with Gasteiger partial charge in [0.2, 0.25) is 0 Å². The number of phenolic OH excluding ortho intramolecular Hbond substituents is 1. The minimum absolute atomic E-state index is 0.0686. The van der Waals surface area contributed by atoms with Crippen LogP contribution in [0, 0.1) is 5.92 Å². The third-order valence-electron chi connectivity index (χ3n) is 4.68. The van der Waals surface area contributed by atoms with Crippen LogP contribution in [0.2, 0.25) is 0 Å². The number of hydrogen-bond donors (Lipinski definition) is 4. The van der Waals surface area contributed by atoms with Crippen LogP contribution in [0.4, 0.5) is 10.5 Å². The van der Waals surface area contributed by atoms with E-state index in [-0.39, 0.29) is 17.5 Å². The molecule has 164 valence electrons. The number of allylic oxidation sites excluding steroid dienone is 1. The summed E-state index contributed by atoms with van der Waals surface area (Å²) in [6.07, 6.45) is 2.71. The lowest BCUT2D eigenvalue weighted by Gasteiger charge is -2.24. The number of aromatic hydroxyl groups is 1. The maximum absolute atomic E-state index is 12.5. The van der Waals surface area contributed by atoms with Gasteiger partial charge in [-0.2, -0.15) is 0 Å². The Morgan fingerprint density at radius 1 is 1.06 bits per heavy atom. The van der Waals surface area contributed by atoms with Gasteiger partial charge in [0, 0.05) is 17.3 Å². The van der Waals surface area contributed by atoms with Crippen molar-refractivity contribution in [1.29, 1.82) is 0 Å². The van der Waals surface area contributed by atoms with Crippen LogP contribution in [0.15, 0.2) is 60.7 Å². The van der Waals surface area contributed by atoms with Crippen molar-refractivity contribution in [3.8, 4) is 5.75 Å². The third kappa shape index (κ3) is 7.60. The fourth-order valence-corrected chi connectivity index (χ4v) is 2.97. The monoisotopic (exact) mass is 426 g/mol. The zero-order valence-electron chi connectivity index (χ0n) is 17.4. The highest BCUT2D eigenvalue weighted by atomic mass is 16.6. The number of nitrogens with one attached hydrogen (secondary N) is 2. The summed E-state index contributed by atoms with van der Waals surface area (Å²) in [7, 11) is 0. The standard InChI is InChI=1S/C23H26N2O6/c1-15(5-3-4-6-21(28)25-30)22(18-9-13-20(27)14-10-18)31-23(29)24-19-11-7-17(8-12-19)16(2)26/h4,6-15,22,27,30H,3,5H2,1-2H3,(H,24,29)(H,25,28)/b6-4+/t15-,22-/m1/s1. The van der Waals surface area contributed by atoms with E-state index in [1.165, 1.54) is 30.6 Å². The Bertz CT molecular complexity index is 922. The summed E-state index contributed by atoms with van der Waals surface area (Å²) in [5.41, 5.74) is 3.26. The molecule has 2 atom stereocenters. The van der Waals surface area contributed by atoms with Gasteiger partial charge in [0.1, 0.15) is 11.9 Å². The van der Waals surface area contributed by atoms with Crippen molar-refractivity contribution in [2.45, 2.75) is 32.8 Å². The van der Waals surface area contributed by atoms with Gasteiger partial charge in [-0.1, -0.05) is 25.1 Å². The summed E-state index contributed by atoms with van der Waals surface area (Å²) in [5.74, 6) is -0.699. The van der Waals surface area contributed by atoms with Crippen LogP contribution in [-0.2, 0) is 9.53 Å². The Morgan fingerprint density at radius 3 is 2.29 bits per heavy atom. The maximum Gasteiger partial charge on any atom is 0.412 e.